The van der Waals surface area contributed by atoms with Crippen LogP contribution in [0.4, 0.5) is 0 Å². The molecular weight excluding hydrogens is 320 g/mol. The molecule has 0 aliphatic carbocycles. The number of rotatable bonds is 4. The number of nitrogens with zero attached hydrogens (tertiary/aromatic N) is 3. The third kappa shape index (κ3) is 3.42. The second kappa shape index (κ2) is 7.15. The van der Waals surface area contributed by atoms with E-state index in [2.05, 4.69) is 5.32 Å². The van der Waals surface area contributed by atoms with E-state index in [0.29, 0.717) is 19.6 Å². The third-order valence-electron chi connectivity index (χ3n) is 5.38. The van der Waals surface area contributed by atoms with Crippen LogP contribution in [0.5, 0.6) is 0 Å². The van der Waals surface area contributed by atoms with Crippen molar-refractivity contribution in [1.29, 1.82) is 0 Å². The van der Waals surface area contributed by atoms with Gasteiger partial charge in [-0.05, 0) is 33.6 Å². The summed E-state index contributed by atoms with van der Waals surface area (Å²) in [5.74, 6) is 0.0205. The van der Waals surface area contributed by atoms with Crippen LogP contribution in [0.25, 0.3) is 0 Å². The van der Waals surface area contributed by atoms with Gasteiger partial charge in [0.15, 0.2) is 0 Å². The summed E-state index contributed by atoms with van der Waals surface area (Å²) in [6, 6.07) is 0.0644. The predicted molar refractivity (Wildman–Crippen MR) is 94.5 cm³/mol. The normalized spacial score (nSPS) is 20.6. The quantitative estimate of drug-likeness (QED) is 0.869. The van der Waals surface area contributed by atoms with E-state index in [9.17, 15) is 14.4 Å². The Morgan fingerprint density at radius 1 is 1.28 bits per heavy atom. The highest BCUT2D eigenvalue weighted by molar-refractivity contribution is 5.81. The van der Waals surface area contributed by atoms with E-state index in [4.69, 9.17) is 0 Å². The number of Topliss-reactive ketones (excluding diaryl/α,β-unsaturated/α-hetero) is 1. The Morgan fingerprint density at radius 2 is 2.04 bits per heavy atom. The number of hydrogen-bond acceptors (Lipinski definition) is 4. The van der Waals surface area contributed by atoms with Crippen molar-refractivity contribution < 1.29 is 9.59 Å². The summed E-state index contributed by atoms with van der Waals surface area (Å²) in [6.07, 6.45) is 2.46. The van der Waals surface area contributed by atoms with Gasteiger partial charge in [-0.15, -0.1) is 0 Å². The number of ketones is 1. The van der Waals surface area contributed by atoms with Gasteiger partial charge in [-0.2, -0.15) is 0 Å². The Bertz CT molecular complexity index is 731. The van der Waals surface area contributed by atoms with Gasteiger partial charge in [-0.25, -0.2) is 4.79 Å². The Labute approximate surface area is 148 Å². The van der Waals surface area contributed by atoms with E-state index in [1.54, 1.807) is 21.0 Å². The second-order valence-corrected chi connectivity index (χ2v) is 7.44. The molecule has 0 aromatic carbocycles. The van der Waals surface area contributed by atoms with Crippen molar-refractivity contribution >= 4 is 11.7 Å². The Kier molecular flexibility index (Phi) is 5.13. The Hall–Kier alpha value is -1.89. The summed E-state index contributed by atoms with van der Waals surface area (Å²) >= 11 is 0. The lowest BCUT2D eigenvalue weighted by Crippen LogP contribution is -2.44. The standard InChI is InChI=1S/C18H28N4O3/c1-12(2)22-16-9-19-7-6-15(16)21(18(22)25)11-17(24)20-8-4-5-14(10-20)13(3)23/h12,14,19H,4-11H2,1-3H3. The van der Waals surface area contributed by atoms with Crippen LogP contribution in [-0.4, -0.2) is 45.4 Å². The highest BCUT2D eigenvalue weighted by atomic mass is 16.2. The molecule has 3 rings (SSSR count). The highest BCUT2D eigenvalue weighted by Crippen LogP contribution is 2.20. The van der Waals surface area contributed by atoms with E-state index >= 15 is 0 Å². The number of amides is 1. The second-order valence-electron chi connectivity index (χ2n) is 7.44. The molecule has 2 aliphatic rings. The fourth-order valence-electron chi connectivity index (χ4n) is 4.00. The van der Waals surface area contributed by atoms with E-state index in [1.807, 2.05) is 13.8 Å². The largest absolute Gasteiger partial charge is 0.340 e. The summed E-state index contributed by atoms with van der Waals surface area (Å²) in [5.41, 5.74) is 1.88. The maximum atomic E-state index is 12.9. The first-order valence-corrected chi connectivity index (χ1v) is 9.21. The lowest BCUT2D eigenvalue weighted by Gasteiger charge is -2.31. The lowest BCUT2D eigenvalue weighted by molar-refractivity contribution is -0.135. The third-order valence-corrected chi connectivity index (χ3v) is 5.38. The number of fused-ring (bicyclic) bond motifs is 1. The zero-order valence-electron chi connectivity index (χ0n) is 15.4. The molecular formula is C18H28N4O3. The average Bonchev–Trinajstić information content (AvgIpc) is 2.87. The van der Waals surface area contributed by atoms with Crippen LogP contribution >= 0.6 is 0 Å². The van der Waals surface area contributed by atoms with Crippen LogP contribution in [-0.2, 0) is 29.1 Å². The van der Waals surface area contributed by atoms with E-state index in [-0.39, 0.29) is 35.9 Å². The summed E-state index contributed by atoms with van der Waals surface area (Å²) in [7, 11) is 0. The van der Waals surface area contributed by atoms with Gasteiger partial charge >= 0.3 is 5.69 Å². The smallest absolute Gasteiger partial charge is 0.329 e. The van der Waals surface area contributed by atoms with Crippen molar-refractivity contribution in [2.24, 2.45) is 5.92 Å². The number of hydrogen-bond donors (Lipinski definition) is 1. The fourth-order valence-corrected chi connectivity index (χ4v) is 4.00. The molecule has 1 saturated heterocycles. The SMILES string of the molecule is CC(=O)C1CCCN(C(=O)Cn2c3c(n(C(C)C)c2=O)CNCC3)C1. The molecule has 1 aromatic heterocycles. The number of carbonyl (C=O) groups excluding carboxylic acids is 2. The molecule has 1 aromatic rings. The molecule has 3 heterocycles. The van der Waals surface area contributed by atoms with Crippen molar-refractivity contribution in [2.75, 3.05) is 19.6 Å². The van der Waals surface area contributed by atoms with E-state index in [0.717, 1.165) is 37.2 Å². The molecule has 7 heteroatoms. The Balaban J connectivity index is 1.84. The molecule has 0 spiro atoms. The van der Waals surface area contributed by atoms with E-state index in [1.165, 1.54) is 0 Å². The first-order valence-electron chi connectivity index (χ1n) is 9.21. The van der Waals surface area contributed by atoms with Gasteiger partial charge in [-0.1, -0.05) is 0 Å². The lowest BCUT2D eigenvalue weighted by atomic mass is 9.94. The zero-order valence-corrected chi connectivity index (χ0v) is 15.4. The van der Waals surface area contributed by atoms with Crippen molar-refractivity contribution in [1.82, 2.24) is 19.4 Å². The topological polar surface area (TPSA) is 76.3 Å². The molecule has 25 heavy (non-hydrogen) atoms. The summed E-state index contributed by atoms with van der Waals surface area (Å²) < 4.78 is 3.44. The van der Waals surface area contributed by atoms with Crippen molar-refractivity contribution in [3.63, 3.8) is 0 Å². The zero-order chi connectivity index (χ0) is 18.1. The van der Waals surface area contributed by atoms with Crippen LogP contribution in [0.15, 0.2) is 4.79 Å². The van der Waals surface area contributed by atoms with Gasteiger partial charge in [-0.3, -0.25) is 18.7 Å². The monoisotopic (exact) mass is 348 g/mol. The molecule has 7 nitrogen and oxygen atoms in total. The number of imidazole rings is 1. The molecule has 0 radical (unpaired) electrons. The van der Waals surface area contributed by atoms with Gasteiger partial charge in [0.05, 0.1) is 5.69 Å². The summed E-state index contributed by atoms with van der Waals surface area (Å²) in [6.45, 7) is 8.29. The molecule has 1 amide bonds. The molecule has 1 unspecified atom stereocenters. The minimum absolute atomic E-state index is 0.0599. The molecule has 1 fully saturated rings. The van der Waals surface area contributed by atoms with Crippen molar-refractivity contribution in [3.8, 4) is 0 Å². The van der Waals surface area contributed by atoms with Crippen LogP contribution in [0.2, 0.25) is 0 Å². The minimum atomic E-state index is -0.0998. The van der Waals surface area contributed by atoms with E-state index < -0.39 is 0 Å². The van der Waals surface area contributed by atoms with Crippen LogP contribution in [0.3, 0.4) is 0 Å². The number of likely N-dealkylation sites (tertiary alicyclic amines) is 1. The van der Waals surface area contributed by atoms with Gasteiger partial charge in [0.25, 0.3) is 0 Å². The molecule has 0 bridgehead atoms. The first-order chi connectivity index (χ1) is 11.9. The summed E-state index contributed by atoms with van der Waals surface area (Å²) in [5, 5.41) is 3.31. The number of aromatic nitrogens is 2. The van der Waals surface area contributed by atoms with Gasteiger partial charge in [0.2, 0.25) is 5.91 Å². The first kappa shape index (κ1) is 17.9. The predicted octanol–water partition coefficient (Wildman–Crippen LogP) is 0.704. The van der Waals surface area contributed by atoms with Crippen LogP contribution in [0.1, 0.15) is 51.0 Å². The number of piperidine rings is 1. The van der Waals surface area contributed by atoms with Gasteiger partial charge in [0, 0.05) is 50.3 Å². The molecule has 1 atom stereocenters. The summed E-state index contributed by atoms with van der Waals surface area (Å²) in [4.78, 5) is 39.0. The average molecular weight is 348 g/mol. The highest BCUT2D eigenvalue weighted by Gasteiger charge is 2.29. The number of nitrogens with one attached hydrogen (secondary N) is 1. The van der Waals surface area contributed by atoms with Crippen molar-refractivity contribution in [3.05, 3.63) is 21.9 Å². The molecule has 1 N–H and O–H groups in total. The van der Waals surface area contributed by atoms with Gasteiger partial charge < -0.3 is 10.2 Å². The van der Waals surface area contributed by atoms with Gasteiger partial charge in [0.1, 0.15) is 12.3 Å². The van der Waals surface area contributed by atoms with Crippen LogP contribution in [0, 0.1) is 5.92 Å². The fraction of sp³-hybridized carbons (Fsp3) is 0.722. The maximum absolute atomic E-state index is 12.9. The van der Waals surface area contributed by atoms with Crippen molar-refractivity contribution in [2.45, 2.75) is 59.2 Å². The van der Waals surface area contributed by atoms with Crippen LogP contribution < -0.4 is 11.0 Å². The number of carbonyl (C=O) groups is 2. The Morgan fingerprint density at radius 3 is 2.72 bits per heavy atom. The molecule has 0 saturated carbocycles. The molecule has 138 valence electrons. The minimum Gasteiger partial charge on any atom is -0.340 e. The molecule has 2 aliphatic heterocycles. The maximum Gasteiger partial charge on any atom is 0.329 e.